The zero-order valence-corrected chi connectivity index (χ0v) is 11.2. The molecule has 2 aliphatic rings. The van der Waals surface area contributed by atoms with Crippen LogP contribution in [-0.2, 0) is 0 Å². The van der Waals surface area contributed by atoms with Gasteiger partial charge >= 0.3 is 0 Å². The second-order valence-electron chi connectivity index (χ2n) is 5.30. The average Bonchev–Trinajstić information content (AvgIpc) is 3.21. The second kappa shape index (κ2) is 5.41. The van der Waals surface area contributed by atoms with Crippen molar-refractivity contribution in [2.24, 2.45) is 5.92 Å². The molecular weight excluding hydrogens is 248 g/mol. The van der Waals surface area contributed by atoms with Crippen molar-refractivity contribution in [3.8, 4) is 0 Å². The van der Waals surface area contributed by atoms with Crippen LogP contribution in [0.15, 0.2) is 12.4 Å². The number of hydrogen-bond donors (Lipinski definition) is 1. The van der Waals surface area contributed by atoms with Gasteiger partial charge in [-0.2, -0.15) is 0 Å². The van der Waals surface area contributed by atoms with E-state index in [1.165, 1.54) is 25.7 Å². The van der Waals surface area contributed by atoms with E-state index in [4.69, 9.17) is 11.6 Å². The van der Waals surface area contributed by atoms with Gasteiger partial charge in [0, 0.05) is 12.6 Å². The van der Waals surface area contributed by atoms with Crippen LogP contribution < -0.4 is 10.2 Å². The molecule has 0 radical (unpaired) electrons. The standard InChI is InChI=1S/C13H19ClN4/c14-12-7-16-8-13(17-12)18(11-3-4-11)9-10-2-1-5-15-6-10/h7-8,10-11,15H,1-6,9H2. The van der Waals surface area contributed by atoms with Crippen LogP contribution in [0.2, 0.25) is 5.15 Å². The molecule has 0 bridgehead atoms. The van der Waals surface area contributed by atoms with Crippen LogP contribution in [0.25, 0.3) is 0 Å². The zero-order valence-electron chi connectivity index (χ0n) is 10.5. The maximum atomic E-state index is 5.94. The summed E-state index contributed by atoms with van der Waals surface area (Å²) in [5, 5.41) is 3.96. The fourth-order valence-electron chi connectivity index (χ4n) is 2.64. The third-order valence-corrected chi connectivity index (χ3v) is 3.91. The molecule has 1 saturated heterocycles. The molecule has 0 amide bonds. The van der Waals surface area contributed by atoms with Crippen molar-refractivity contribution in [1.29, 1.82) is 0 Å². The van der Waals surface area contributed by atoms with Crippen molar-refractivity contribution in [2.45, 2.75) is 31.7 Å². The van der Waals surface area contributed by atoms with Crippen molar-refractivity contribution in [3.05, 3.63) is 17.5 Å². The van der Waals surface area contributed by atoms with Crippen molar-refractivity contribution in [1.82, 2.24) is 15.3 Å². The summed E-state index contributed by atoms with van der Waals surface area (Å²) in [4.78, 5) is 11.0. The third-order valence-electron chi connectivity index (χ3n) is 3.73. The monoisotopic (exact) mass is 266 g/mol. The summed E-state index contributed by atoms with van der Waals surface area (Å²) in [7, 11) is 0. The van der Waals surface area contributed by atoms with Gasteiger partial charge in [0.2, 0.25) is 0 Å². The molecular formula is C13H19ClN4. The van der Waals surface area contributed by atoms with Crippen LogP contribution in [0.4, 0.5) is 5.82 Å². The molecule has 98 valence electrons. The minimum Gasteiger partial charge on any atom is -0.352 e. The molecule has 1 aliphatic carbocycles. The Bertz CT molecular complexity index is 402. The lowest BCUT2D eigenvalue weighted by Gasteiger charge is -2.30. The first kappa shape index (κ1) is 12.2. The third kappa shape index (κ3) is 2.93. The van der Waals surface area contributed by atoms with E-state index < -0.39 is 0 Å². The Morgan fingerprint density at radius 2 is 2.22 bits per heavy atom. The summed E-state index contributed by atoms with van der Waals surface area (Å²) in [5.41, 5.74) is 0. The Morgan fingerprint density at radius 3 is 2.89 bits per heavy atom. The number of aromatic nitrogens is 2. The molecule has 1 unspecified atom stereocenters. The van der Waals surface area contributed by atoms with E-state index >= 15 is 0 Å². The van der Waals surface area contributed by atoms with E-state index in [9.17, 15) is 0 Å². The summed E-state index contributed by atoms with van der Waals surface area (Å²) in [5.74, 6) is 1.66. The number of anilines is 1. The molecule has 2 fully saturated rings. The SMILES string of the molecule is Clc1cncc(N(CC2CCCNC2)C2CC2)n1. The highest BCUT2D eigenvalue weighted by Gasteiger charge is 2.32. The molecule has 1 saturated carbocycles. The Balaban J connectivity index is 1.71. The van der Waals surface area contributed by atoms with Crippen molar-refractivity contribution in [3.63, 3.8) is 0 Å². The van der Waals surface area contributed by atoms with Gasteiger partial charge in [-0.05, 0) is 44.7 Å². The number of hydrogen-bond acceptors (Lipinski definition) is 4. The predicted octanol–water partition coefficient (Wildman–Crippen LogP) is 2.10. The van der Waals surface area contributed by atoms with Crippen LogP contribution >= 0.6 is 11.6 Å². The van der Waals surface area contributed by atoms with Crippen LogP contribution in [0, 0.1) is 5.92 Å². The van der Waals surface area contributed by atoms with Gasteiger partial charge in [0.05, 0.1) is 12.4 Å². The highest BCUT2D eigenvalue weighted by molar-refractivity contribution is 6.29. The van der Waals surface area contributed by atoms with Crippen molar-refractivity contribution >= 4 is 17.4 Å². The van der Waals surface area contributed by atoms with E-state index in [1.807, 2.05) is 6.20 Å². The summed E-state index contributed by atoms with van der Waals surface area (Å²) >= 11 is 5.94. The molecule has 1 aromatic rings. The molecule has 18 heavy (non-hydrogen) atoms. The molecule has 1 aliphatic heterocycles. The Hall–Kier alpha value is -0.870. The number of nitrogens with one attached hydrogen (secondary N) is 1. The Morgan fingerprint density at radius 1 is 1.33 bits per heavy atom. The van der Waals surface area contributed by atoms with Crippen LogP contribution in [-0.4, -0.2) is 35.6 Å². The van der Waals surface area contributed by atoms with E-state index in [-0.39, 0.29) is 0 Å². The molecule has 3 rings (SSSR count). The summed E-state index contributed by atoms with van der Waals surface area (Å²) in [6, 6.07) is 0.652. The van der Waals surface area contributed by atoms with Gasteiger partial charge in [-0.1, -0.05) is 11.6 Å². The number of rotatable bonds is 4. The van der Waals surface area contributed by atoms with Gasteiger partial charge in [0.25, 0.3) is 0 Å². The maximum absolute atomic E-state index is 5.94. The first-order valence-electron chi connectivity index (χ1n) is 6.78. The van der Waals surface area contributed by atoms with Gasteiger partial charge in [-0.15, -0.1) is 0 Å². The molecule has 0 aromatic carbocycles. The van der Waals surface area contributed by atoms with Crippen LogP contribution in [0.3, 0.4) is 0 Å². The predicted molar refractivity (Wildman–Crippen MR) is 73.0 cm³/mol. The lowest BCUT2D eigenvalue weighted by molar-refractivity contribution is 0.375. The fraction of sp³-hybridized carbons (Fsp3) is 0.692. The van der Waals surface area contributed by atoms with Crippen molar-refractivity contribution < 1.29 is 0 Å². The molecule has 2 heterocycles. The van der Waals surface area contributed by atoms with Gasteiger partial charge in [0.15, 0.2) is 0 Å². The maximum Gasteiger partial charge on any atom is 0.149 e. The van der Waals surface area contributed by atoms with Gasteiger partial charge in [0.1, 0.15) is 11.0 Å². The van der Waals surface area contributed by atoms with E-state index in [0.717, 1.165) is 31.4 Å². The largest absolute Gasteiger partial charge is 0.352 e. The Labute approximate surface area is 113 Å². The van der Waals surface area contributed by atoms with Crippen LogP contribution in [0.5, 0.6) is 0 Å². The topological polar surface area (TPSA) is 41.1 Å². The number of halogens is 1. The highest BCUT2D eigenvalue weighted by atomic mass is 35.5. The first-order valence-corrected chi connectivity index (χ1v) is 7.15. The molecule has 1 N–H and O–H groups in total. The van der Waals surface area contributed by atoms with Gasteiger partial charge in [-0.25, -0.2) is 4.98 Å². The molecule has 5 heteroatoms. The summed E-state index contributed by atoms with van der Waals surface area (Å²) < 4.78 is 0. The number of piperidine rings is 1. The quantitative estimate of drug-likeness (QED) is 0.906. The summed E-state index contributed by atoms with van der Waals surface area (Å²) in [6.07, 6.45) is 8.57. The zero-order chi connectivity index (χ0) is 12.4. The minimum absolute atomic E-state index is 0.486. The smallest absolute Gasteiger partial charge is 0.149 e. The average molecular weight is 267 g/mol. The lowest BCUT2D eigenvalue weighted by Crippen LogP contribution is -2.39. The van der Waals surface area contributed by atoms with Gasteiger partial charge in [-0.3, -0.25) is 4.98 Å². The van der Waals surface area contributed by atoms with Gasteiger partial charge < -0.3 is 10.2 Å². The number of nitrogens with zero attached hydrogens (tertiary/aromatic N) is 3. The summed E-state index contributed by atoms with van der Waals surface area (Å²) in [6.45, 7) is 3.36. The molecule has 1 aromatic heterocycles. The van der Waals surface area contributed by atoms with Crippen molar-refractivity contribution in [2.75, 3.05) is 24.5 Å². The first-order chi connectivity index (χ1) is 8.83. The fourth-order valence-corrected chi connectivity index (χ4v) is 2.79. The lowest BCUT2D eigenvalue weighted by atomic mass is 9.99. The molecule has 1 atom stereocenters. The Kier molecular flexibility index (Phi) is 3.66. The van der Waals surface area contributed by atoms with Crippen LogP contribution in [0.1, 0.15) is 25.7 Å². The highest BCUT2D eigenvalue weighted by Crippen LogP contribution is 2.32. The van der Waals surface area contributed by atoms with E-state index in [0.29, 0.717) is 11.2 Å². The minimum atomic E-state index is 0.486. The van der Waals surface area contributed by atoms with E-state index in [1.54, 1.807) is 6.20 Å². The normalized spacial score (nSPS) is 23.9. The molecule has 4 nitrogen and oxygen atoms in total. The molecule has 0 spiro atoms. The van der Waals surface area contributed by atoms with E-state index in [2.05, 4.69) is 20.2 Å². The second-order valence-corrected chi connectivity index (χ2v) is 5.68.